The van der Waals surface area contributed by atoms with Crippen LogP contribution in [0, 0.1) is 6.92 Å². The van der Waals surface area contributed by atoms with Gasteiger partial charge in [-0.1, -0.05) is 0 Å². The van der Waals surface area contributed by atoms with Crippen molar-refractivity contribution in [1.82, 2.24) is 14.5 Å². The van der Waals surface area contributed by atoms with Gasteiger partial charge < -0.3 is 15.6 Å². The molecule has 22 heavy (non-hydrogen) atoms. The van der Waals surface area contributed by atoms with Gasteiger partial charge in [0.25, 0.3) is 0 Å². The van der Waals surface area contributed by atoms with Gasteiger partial charge in [0.05, 0.1) is 23.1 Å². The second kappa shape index (κ2) is 5.69. The summed E-state index contributed by atoms with van der Waals surface area (Å²) in [6.45, 7) is 1.96. The Morgan fingerprint density at radius 1 is 1.32 bits per heavy atom. The molecule has 1 amide bonds. The molecule has 0 bridgehead atoms. The van der Waals surface area contributed by atoms with Gasteiger partial charge in [0.2, 0.25) is 5.91 Å². The van der Waals surface area contributed by atoms with E-state index < -0.39 is 5.91 Å². The predicted octanol–water partition coefficient (Wildman–Crippen LogP) is 2.42. The molecule has 0 spiro atoms. The zero-order valence-corrected chi connectivity index (χ0v) is 12.0. The minimum atomic E-state index is -0.445. The number of hydrogen-bond acceptors (Lipinski definition) is 4. The minimum Gasteiger partial charge on any atom is -0.366 e. The number of carbonyl (C=O) groups is 1. The van der Waals surface area contributed by atoms with Gasteiger partial charge in [-0.25, -0.2) is 4.98 Å². The lowest BCUT2D eigenvalue weighted by atomic mass is 10.2. The third kappa shape index (κ3) is 2.80. The third-order valence-electron chi connectivity index (χ3n) is 3.26. The average molecular weight is 293 g/mol. The molecular weight excluding hydrogens is 278 g/mol. The molecule has 0 aromatic carbocycles. The van der Waals surface area contributed by atoms with Crippen molar-refractivity contribution in [2.75, 3.05) is 5.32 Å². The van der Waals surface area contributed by atoms with E-state index in [1.165, 1.54) is 0 Å². The molecule has 0 unspecified atom stereocenters. The number of pyridine rings is 2. The van der Waals surface area contributed by atoms with Gasteiger partial charge in [-0.2, -0.15) is 0 Å². The Hall–Kier alpha value is -3.15. The van der Waals surface area contributed by atoms with Crippen LogP contribution in [0.25, 0.3) is 5.69 Å². The number of amides is 1. The molecule has 3 heterocycles. The smallest absolute Gasteiger partial charge is 0.250 e. The average Bonchev–Trinajstić information content (AvgIpc) is 3.00. The van der Waals surface area contributed by atoms with E-state index in [9.17, 15) is 4.79 Å². The van der Waals surface area contributed by atoms with Crippen LogP contribution < -0.4 is 11.1 Å². The maximum Gasteiger partial charge on any atom is 0.250 e. The van der Waals surface area contributed by atoms with Gasteiger partial charge in [0.1, 0.15) is 5.82 Å². The second-order valence-electron chi connectivity index (χ2n) is 4.89. The summed E-state index contributed by atoms with van der Waals surface area (Å²) < 4.78 is 1.85. The lowest BCUT2D eigenvalue weighted by Crippen LogP contribution is -2.09. The molecule has 0 radical (unpaired) electrons. The molecule has 6 heteroatoms. The van der Waals surface area contributed by atoms with Crippen molar-refractivity contribution in [2.45, 2.75) is 6.92 Å². The van der Waals surface area contributed by atoms with Crippen molar-refractivity contribution in [3.05, 3.63) is 66.4 Å². The fraction of sp³-hybridized carbons (Fsp3) is 0.0625. The zero-order chi connectivity index (χ0) is 15.5. The van der Waals surface area contributed by atoms with E-state index in [-0.39, 0.29) is 0 Å². The minimum absolute atomic E-state index is 0.445. The second-order valence-corrected chi connectivity index (χ2v) is 4.89. The van der Waals surface area contributed by atoms with Crippen LogP contribution in [0.15, 0.2) is 55.2 Å². The van der Waals surface area contributed by atoms with Crippen LogP contribution in [0.2, 0.25) is 0 Å². The molecular formula is C16H15N5O. The molecule has 3 aromatic heterocycles. The van der Waals surface area contributed by atoms with Crippen molar-refractivity contribution in [2.24, 2.45) is 5.73 Å². The number of nitrogens with one attached hydrogen (secondary N) is 1. The Morgan fingerprint density at radius 2 is 2.18 bits per heavy atom. The lowest BCUT2D eigenvalue weighted by Gasteiger charge is -2.10. The highest BCUT2D eigenvalue weighted by Crippen LogP contribution is 2.20. The van der Waals surface area contributed by atoms with E-state index >= 15 is 0 Å². The van der Waals surface area contributed by atoms with Crippen LogP contribution in [0.1, 0.15) is 15.9 Å². The number of primary amides is 1. The van der Waals surface area contributed by atoms with Crippen LogP contribution in [-0.4, -0.2) is 20.4 Å². The first kappa shape index (κ1) is 13.8. The molecule has 110 valence electrons. The number of rotatable bonds is 4. The molecule has 0 aliphatic carbocycles. The summed E-state index contributed by atoms with van der Waals surface area (Å²) >= 11 is 0. The maximum absolute atomic E-state index is 11.2. The van der Waals surface area contributed by atoms with Crippen molar-refractivity contribution in [3.8, 4) is 5.69 Å². The largest absolute Gasteiger partial charge is 0.366 e. The zero-order valence-electron chi connectivity index (χ0n) is 12.0. The van der Waals surface area contributed by atoms with Crippen LogP contribution in [-0.2, 0) is 0 Å². The van der Waals surface area contributed by atoms with E-state index in [0.29, 0.717) is 11.4 Å². The van der Waals surface area contributed by atoms with Crippen molar-refractivity contribution in [1.29, 1.82) is 0 Å². The van der Waals surface area contributed by atoms with E-state index in [2.05, 4.69) is 15.3 Å². The number of carbonyl (C=O) groups excluding carboxylic acids is 1. The summed E-state index contributed by atoms with van der Waals surface area (Å²) in [7, 11) is 0. The van der Waals surface area contributed by atoms with Gasteiger partial charge in [0, 0.05) is 30.9 Å². The van der Waals surface area contributed by atoms with Crippen LogP contribution in [0.4, 0.5) is 11.5 Å². The molecule has 3 rings (SSSR count). The Kier molecular flexibility index (Phi) is 3.57. The number of anilines is 2. The summed E-state index contributed by atoms with van der Waals surface area (Å²) in [4.78, 5) is 19.6. The van der Waals surface area contributed by atoms with E-state index in [1.807, 2.05) is 29.7 Å². The van der Waals surface area contributed by atoms with Crippen molar-refractivity contribution in [3.63, 3.8) is 0 Å². The Labute approximate surface area is 127 Å². The normalized spacial score (nSPS) is 10.4. The summed E-state index contributed by atoms with van der Waals surface area (Å²) in [6.07, 6.45) is 8.72. The van der Waals surface area contributed by atoms with Gasteiger partial charge >= 0.3 is 0 Å². The standard InChI is InChI=1S/C16H15N5O/c1-11-8-19-15(20-13-3-2-5-18-9-13)7-14(11)21-6-4-12(10-21)16(17)22/h2-10H,1H3,(H2,17,22)(H,19,20). The van der Waals surface area contributed by atoms with Crippen LogP contribution in [0.5, 0.6) is 0 Å². The number of nitrogens with zero attached hydrogens (tertiary/aromatic N) is 3. The van der Waals surface area contributed by atoms with E-state index in [4.69, 9.17) is 5.73 Å². The van der Waals surface area contributed by atoms with Crippen LogP contribution in [0.3, 0.4) is 0 Å². The molecule has 3 N–H and O–H groups in total. The summed E-state index contributed by atoms with van der Waals surface area (Å²) in [5.74, 6) is 0.252. The molecule has 0 aliphatic heterocycles. The molecule has 3 aromatic rings. The molecule has 6 nitrogen and oxygen atoms in total. The lowest BCUT2D eigenvalue weighted by molar-refractivity contribution is 0.100. The Bertz CT molecular complexity index is 810. The highest BCUT2D eigenvalue weighted by molar-refractivity contribution is 5.92. The van der Waals surface area contributed by atoms with Gasteiger partial charge in [-0.05, 0) is 30.7 Å². The topological polar surface area (TPSA) is 85.8 Å². The fourth-order valence-corrected chi connectivity index (χ4v) is 2.14. The number of aromatic nitrogens is 3. The molecule has 0 saturated carbocycles. The molecule has 0 fully saturated rings. The Balaban J connectivity index is 1.94. The van der Waals surface area contributed by atoms with E-state index in [0.717, 1.165) is 16.9 Å². The highest BCUT2D eigenvalue weighted by atomic mass is 16.1. The predicted molar refractivity (Wildman–Crippen MR) is 84.3 cm³/mol. The summed E-state index contributed by atoms with van der Waals surface area (Å²) in [5, 5.41) is 3.19. The Morgan fingerprint density at radius 3 is 2.86 bits per heavy atom. The molecule has 0 aliphatic rings. The highest BCUT2D eigenvalue weighted by Gasteiger charge is 2.08. The quantitative estimate of drug-likeness (QED) is 0.773. The molecule has 0 saturated heterocycles. The van der Waals surface area contributed by atoms with Crippen molar-refractivity contribution < 1.29 is 4.79 Å². The number of hydrogen-bond donors (Lipinski definition) is 2. The van der Waals surface area contributed by atoms with Gasteiger partial charge in [-0.15, -0.1) is 0 Å². The number of nitrogens with two attached hydrogens (primary N) is 1. The maximum atomic E-state index is 11.2. The fourth-order valence-electron chi connectivity index (χ4n) is 2.14. The van der Waals surface area contributed by atoms with Gasteiger partial charge in [-0.3, -0.25) is 9.78 Å². The molecule has 0 atom stereocenters. The van der Waals surface area contributed by atoms with Gasteiger partial charge in [0.15, 0.2) is 0 Å². The summed E-state index contributed by atoms with van der Waals surface area (Å²) in [6, 6.07) is 7.36. The SMILES string of the molecule is Cc1cnc(Nc2cccnc2)cc1-n1ccc(C(N)=O)c1. The number of aryl methyl sites for hydroxylation is 1. The first-order valence-corrected chi connectivity index (χ1v) is 6.75. The first-order chi connectivity index (χ1) is 10.6. The van der Waals surface area contributed by atoms with E-state index in [1.54, 1.807) is 37.1 Å². The van der Waals surface area contributed by atoms with Crippen LogP contribution >= 0.6 is 0 Å². The van der Waals surface area contributed by atoms with Crippen molar-refractivity contribution >= 4 is 17.4 Å². The first-order valence-electron chi connectivity index (χ1n) is 6.75. The third-order valence-corrected chi connectivity index (χ3v) is 3.26. The summed E-state index contributed by atoms with van der Waals surface area (Å²) in [5.41, 5.74) is 8.53. The monoisotopic (exact) mass is 293 g/mol.